The van der Waals surface area contributed by atoms with Gasteiger partial charge >= 0.3 is 0 Å². The summed E-state index contributed by atoms with van der Waals surface area (Å²) in [5.74, 6) is 0. The van der Waals surface area contributed by atoms with Crippen LogP contribution >= 0.6 is 11.3 Å². The van der Waals surface area contributed by atoms with Gasteiger partial charge in [-0.25, -0.2) is 4.98 Å². The average Bonchev–Trinajstić information content (AvgIpc) is 2.77. The maximum Gasteiger partial charge on any atom is 0.0982 e. The minimum atomic E-state index is -0.0742. The fraction of sp³-hybridized carbons (Fsp3) is 0.786. The second kappa shape index (κ2) is 5.68. The van der Waals surface area contributed by atoms with Crippen LogP contribution < -0.4 is 5.32 Å². The van der Waals surface area contributed by atoms with E-state index >= 15 is 0 Å². The molecule has 2 N–H and O–H groups in total. The Morgan fingerprint density at radius 3 is 2.56 bits per heavy atom. The van der Waals surface area contributed by atoms with Crippen molar-refractivity contribution in [2.45, 2.75) is 70.6 Å². The topological polar surface area (TPSA) is 45.2 Å². The Balaban J connectivity index is 1.82. The highest BCUT2D eigenvalue weighted by molar-refractivity contribution is 7.09. The molecule has 102 valence electrons. The fourth-order valence-corrected chi connectivity index (χ4v) is 3.17. The molecule has 1 saturated carbocycles. The summed E-state index contributed by atoms with van der Waals surface area (Å²) in [6.45, 7) is 7.45. The van der Waals surface area contributed by atoms with Gasteiger partial charge in [0.2, 0.25) is 0 Å². The molecule has 18 heavy (non-hydrogen) atoms. The highest BCUT2D eigenvalue weighted by Crippen LogP contribution is 2.25. The molecule has 3 nitrogen and oxygen atoms in total. The highest BCUT2D eigenvalue weighted by atomic mass is 32.1. The molecule has 0 spiro atoms. The minimum absolute atomic E-state index is 0.0742. The predicted molar refractivity (Wildman–Crippen MR) is 75.9 cm³/mol. The van der Waals surface area contributed by atoms with E-state index in [4.69, 9.17) is 0 Å². The Morgan fingerprint density at radius 1 is 1.33 bits per heavy atom. The van der Waals surface area contributed by atoms with Crippen molar-refractivity contribution in [3.8, 4) is 0 Å². The maximum absolute atomic E-state index is 9.47. The summed E-state index contributed by atoms with van der Waals surface area (Å²) in [6, 6.07) is 0.549. The number of nitrogens with one attached hydrogen (secondary N) is 1. The van der Waals surface area contributed by atoms with E-state index in [-0.39, 0.29) is 11.5 Å². The van der Waals surface area contributed by atoms with Gasteiger partial charge in [0.1, 0.15) is 0 Å². The van der Waals surface area contributed by atoms with Gasteiger partial charge < -0.3 is 10.4 Å². The summed E-state index contributed by atoms with van der Waals surface area (Å²) in [5.41, 5.74) is 1.30. The van der Waals surface area contributed by atoms with Crippen molar-refractivity contribution in [1.82, 2.24) is 10.3 Å². The largest absolute Gasteiger partial charge is 0.393 e. The first-order valence-electron chi connectivity index (χ1n) is 6.81. The van der Waals surface area contributed by atoms with Crippen molar-refractivity contribution >= 4 is 11.3 Å². The second-order valence-corrected chi connectivity index (χ2v) is 7.14. The van der Waals surface area contributed by atoms with Crippen molar-refractivity contribution in [3.63, 3.8) is 0 Å². The molecular formula is C14H24N2OS. The molecule has 1 heterocycles. The summed E-state index contributed by atoms with van der Waals surface area (Å²) < 4.78 is 0. The van der Waals surface area contributed by atoms with Crippen LogP contribution in [0.4, 0.5) is 0 Å². The molecule has 4 heteroatoms. The quantitative estimate of drug-likeness (QED) is 0.886. The van der Waals surface area contributed by atoms with Gasteiger partial charge in [-0.3, -0.25) is 0 Å². The van der Waals surface area contributed by atoms with Crippen molar-refractivity contribution in [2.24, 2.45) is 0 Å². The second-order valence-electron chi connectivity index (χ2n) is 6.28. The van der Waals surface area contributed by atoms with Crippen LogP contribution in [-0.4, -0.2) is 22.2 Å². The number of nitrogens with zero attached hydrogens (tertiary/aromatic N) is 1. The molecule has 0 amide bonds. The summed E-state index contributed by atoms with van der Waals surface area (Å²) >= 11 is 1.75. The minimum Gasteiger partial charge on any atom is -0.393 e. The van der Waals surface area contributed by atoms with E-state index in [0.29, 0.717) is 6.04 Å². The van der Waals surface area contributed by atoms with Gasteiger partial charge in [0.05, 0.1) is 16.8 Å². The summed E-state index contributed by atoms with van der Waals surface area (Å²) in [7, 11) is 0. The molecule has 1 aliphatic rings. The van der Waals surface area contributed by atoms with Crippen LogP contribution in [0.5, 0.6) is 0 Å². The van der Waals surface area contributed by atoms with Crippen LogP contribution in [0.2, 0.25) is 0 Å². The summed E-state index contributed by atoms with van der Waals surface area (Å²) in [6.07, 6.45) is 3.95. The van der Waals surface area contributed by atoms with Gasteiger partial charge in [-0.15, -0.1) is 11.3 Å². The number of hydrogen-bond donors (Lipinski definition) is 2. The number of thiazole rings is 1. The number of aliphatic hydroxyl groups is 1. The molecule has 0 aromatic carbocycles. The summed E-state index contributed by atoms with van der Waals surface area (Å²) in [5, 5.41) is 16.4. The van der Waals surface area contributed by atoms with Crippen LogP contribution in [0.15, 0.2) is 5.38 Å². The standard InChI is InChI=1S/C14H24N2OS/c1-14(2,3)13-16-11(9-18-13)8-15-10-4-6-12(17)7-5-10/h9-10,12,15,17H,4-8H2,1-3H3. The Morgan fingerprint density at radius 2 is 2.00 bits per heavy atom. The smallest absolute Gasteiger partial charge is 0.0982 e. The average molecular weight is 268 g/mol. The lowest BCUT2D eigenvalue weighted by molar-refractivity contribution is 0.116. The van der Waals surface area contributed by atoms with E-state index < -0.39 is 0 Å². The third kappa shape index (κ3) is 3.77. The Labute approximate surface area is 114 Å². The van der Waals surface area contributed by atoms with Gasteiger partial charge in [-0.2, -0.15) is 0 Å². The van der Waals surface area contributed by atoms with Crippen molar-refractivity contribution in [3.05, 3.63) is 16.1 Å². The van der Waals surface area contributed by atoms with Gasteiger partial charge in [0.25, 0.3) is 0 Å². The van der Waals surface area contributed by atoms with Gasteiger partial charge in [-0.1, -0.05) is 20.8 Å². The first-order valence-corrected chi connectivity index (χ1v) is 7.69. The van der Waals surface area contributed by atoms with Crippen molar-refractivity contribution < 1.29 is 5.11 Å². The van der Waals surface area contributed by atoms with Crippen LogP contribution in [0, 0.1) is 0 Å². The molecular weight excluding hydrogens is 244 g/mol. The highest BCUT2D eigenvalue weighted by Gasteiger charge is 2.20. The van der Waals surface area contributed by atoms with Crippen LogP contribution in [0.1, 0.15) is 57.2 Å². The first-order chi connectivity index (χ1) is 8.45. The fourth-order valence-electron chi connectivity index (χ4n) is 2.26. The lowest BCUT2D eigenvalue weighted by Gasteiger charge is -2.26. The third-order valence-electron chi connectivity index (χ3n) is 3.46. The zero-order valence-electron chi connectivity index (χ0n) is 11.6. The predicted octanol–water partition coefficient (Wildman–Crippen LogP) is 2.83. The number of hydrogen-bond acceptors (Lipinski definition) is 4. The van der Waals surface area contributed by atoms with E-state index in [0.717, 1.165) is 37.9 Å². The van der Waals surface area contributed by atoms with E-state index in [1.165, 1.54) is 5.01 Å². The number of aliphatic hydroxyl groups excluding tert-OH is 1. The van der Waals surface area contributed by atoms with E-state index in [1.54, 1.807) is 11.3 Å². The molecule has 1 fully saturated rings. The van der Waals surface area contributed by atoms with Gasteiger partial charge in [0.15, 0.2) is 0 Å². The Bertz CT molecular complexity index is 375. The molecule has 0 bridgehead atoms. The molecule has 0 saturated heterocycles. The zero-order valence-corrected chi connectivity index (χ0v) is 12.4. The zero-order chi connectivity index (χ0) is 13.2. The van der Waals surface area contributed by atoms with Crippen molar-refractivity contribution in [1.29, 1.82) is 0 Å². The van der Waals surface area contributed by atoms with E-state index in [2.05, 4.69) is 36.5 Å². The molecule has 1 aliphatic carbocycles. The molecule has 1 aromatic heterocycles. The molecule has 0 unspecified atom stereocenters. The SMILES string of the molecule is CC(C)(C)c1nc(CNC2CCC(O)CC2)cs1. The molecule has 2 rings (SSSR count). The molecule has 1 aromatic rings. The lowest BCUT2D eigenvalue weighted by atomic mass is 9.93. The van der Waals surface area contributed by atoms with E-state index in [9.17, 15) is 5.11 Å². The Kier molecular flexibility index (Phi) is 4.41. The summed E-state index contributed by atoms with van der Waals surface area (Å²) in [4.78, 5) is 4.69. The molecule has 0 radical (unpaired) electrons. The van der Waals surface area contributed by atoms with Gasteiger partial charge in [-0.05, 0) is 25.7 Å². The normalized spacial score (nSPS) is 25.3. The maximum atomic E-state index is 9.47. The monoisotopic (exact) mass is 268 g/mol. The van der Waals surface area contributed by atoms with Crippen LogP contribution in [0.3, 0.4) is 0 Å². The first kappa shape index (κ1) is 14.0. The number of aromatic nitrogens is 1. The number of rotatable bonds is 3. The molecule has 0 atom stereocenters. The van der Waals surface area contributed by atoms with Gasteiger partial charge in [0, 0.05) is 23.4 Å². The van der Waals surface area contributed by atoms with E-state index in [1.807, 2.05) is 0 Å². The molecule has 0 aliphatic heterocycles. The van der Waals surface area contributed by atoms with Crippen LogP contribution in [0.25, 0.3) is 0 Å². The lowest BCUT2D eigenvalue weighted by Crippen LogP contribution is -2.34. The third-order valence-corrected chi connectivity index (χ3v) is 4.78. The van der Waals surface area contributed by atoms with Crippen molar-refractivity contribution in [2.75, 3.05) is 0 Å². The Hall–Kier alpha value is -0.450. The van der Waals surface area contributed by atoms with Crippen LogP contribution in [-0.2, 0) is 12.0 Å².